The molecule has 0 amide bonds. The van der Waals surface area contributed by atoms with Crippen LogP contribution in [-0.2, 0) is 4.74 Å². The van der Waals surface area contributed by atoms with Crippen LogP contribution in [0.1, 0.15) is 30.5 Å². The van der Waals surface area contributed by atoms with Gasteiger partial charge >= 0.3 is 0 Å². The van der Waals surface area contributed by atoms with Gasteiger partial charge in [-0.3, -0.25) is 0 Å². The molecule has 6 heteroatoms. The maximum atomic E-state index is 5.83. The largest absolute Gasteiger partial charge is 0.465 e. The van der Waals surface area contributed by atoms with Gasteiger partial charge in [0.2, 0.25) is 5.95 Å². The molecule has 1 aromatic carbocycles. The second kappa shape index (κ2) is 8.17. The lowest BCUT2D eigenvalue weighted by atomic mass is 10.2. The summed E-state index contributed by atoms with van der Waals surface area (Å²) in [6, 6.07) is 9.84. The van der Waals surface area contributed by atoms with E-state index in [1.807, 2.05) is 48.7 Å². The third kappa shape index (κ3) is 4.72. The molecule has 1 unspecified atom stereocenters. The number of aromatic nitrogens is 2. The predicted octanol–water partition coefficient (Wildman–Crippen LogP) is 3.86. The summed E-state index contributed by atoms with van der Waals surface area (Å²) in [4.78, 5) is 8.36. The number of benzene rings is 1. The third-order valence-corrected chi connectivity index (χ3v) is 4.31. The summed E-state index contributed by atoms with van der Waals surface area (Å²) in [5.74, 6) is 1.12. The van der Waals surface area contributed by atoms with Crippen molar-refractivity contribution in [1.82, 2.24) is 9.97 Å². The van der Waals surface area contributed by atoms with Crippen LogP contribution >= 0.6 is 11.8 Å². The lowest BCUT2D eigenvalue weighted by Crippen LogP contribution is -2.24. The van der Waals surface area contributed by atoms with Crippen molar-refractivity contribution in [1.29, 1.82) is 0 Å². The van der Waals surface area contributed by atoms with E-state index in [1.54, 1.807) is 11.8 Å². The monoisotopic (exact) mass is 343 g/mol. The van der Waals surface area contributed by atoms with Crippen LogP contribution in [-0.4, -0.2) is 29.1 Å². The van der Waals surface area contributed by atoms with Crippen molar-refractivity contribution in [2.75, 3.05) is 18.6 Å². The Morgan fingerprint density at radius 1 is 1.21 bits per heavy atom. The minimum Gasteiger partial charge on any atom is -0.465 e. The summed E-state index contributed by atoms with van der Waals surface area (Å²) < 4.78 is 11.4. The average Bonchev–Trinajstić information content (AvgIpc) is 2.61. The summed E-state index contributed by atoms with van der Waals surface area (Å²) in [7, 11) is 0. The van der Waals surface area contributed by atoms with E-state index in [9.17, 15) is 0 Å². The molecule has 1 aliphatic rings. The van der Waals surface area contributed by atoms with Gasteiger partial charge in [-0.2, -0.15) is 0 Å². The second-order valence-electron chi connectivity index (χ2n) is 5.51. The normalized spacial score (nSPS) is 18.0. The first-order chi connectivity index (χ1) is 11.7. The fraction of sp³-hybridized carbons (Fsp3) is 0.333. The maximum Gasteiger partial charge on any atom is 0.221 e. The standard InChI is InChI=1S/C18H21N3O2S/c1-24-16-12-14(20-18(19)21-16)8-5-13-6-9-15(10-7-13)23-17-4-2-3-11-22-17/h5-10,12,17H,2-4,11H2,1H3,(H2,19,20,21)/b8-5+. The molecule has 0 aliphatic carbocycles. The van der Waals surface area contributed by atoms with E-state index < -0.39 is 0 Å². The molecule has 2 aromatic rings. The van der Waals surface area contributed by atoms with Gasteiger partial charge in [0.1, 0.15) is 10.8 Å². The Bertz CT molecular complexity index is 698. The highest BCUT2D eigenvalue weighted by atomic mass is 32.2. The topological polar surface area (TPSA) is 70.3 Å². The lowest BCUT2D eigenvalue weighted by Gasteiger charge is -2.23. The quantitative estimate of drug-likeness (QED) is 0.657. The zero-order valence-corrected chi connectivity index (χ0v) is 14.5. The summed E-state index contributed by atoms with van der Waals surface area (Å²) in [6.07, 6.45) is 9.00. The van der Waals surface area contributed by atoms with E-state index in [4.69, 9.17) is 15.2 Å². The molecule has 1 atom stereocenters. The van der Waals surface area contributed by atoms with Gasteiger partial charge in [-0.25, -0.2) is 9.97 Å². The highest BCUT2D eigenvalue weighted by Gasteiger charge is 2.14. The van der Waals surface area contributed by atoms with Gasteiger partial charge in [-0.05, 0) is 48.9 Å². The van der Waals surface area contributed by atoms with E-state index in [1.165, 1.54) is 0 Å². The Hall–Kier alpha value is -2.05. The van der Waals surface area contributed by atoms with Crippen molar-refractivity contribution in [3.05, 3.63) is 41.6 Å². The number of nitrogens with zero attached hydrogens (tertiary/aromatic N) is 2. The molecule has 0 saturated carbocycles. The number of nitrogen functional groups attached to an aromatic ring is 1. The van der Waals surface area contributed by atoms with Gasteiger partial charge in [0.15, 0.2) is 6.29 Å². The molecule has 3 rings (SSSR count). The Kier molecular flexibility index (Phi) is 5.72. The average molecular weight is 343 g/mol. The van der Waals surface area contributed by atoms with Gasteiger partial charge < -0.3 is 15.2 Å². The number of hydrogen-bond acceptors (Lipinski definition) is 6. The van der Waals surface area contributed by atoms with Crippen molar-refractivity contribution in [2.45, 2.75) is 30.6 Å². The molecule has 1 aliphatic heterocycles. The third-order valence-electron chi connectivity index (χ3n) is 3.68. The van der Waals surface area contributed by atoms with E-state index in [0.29, 0.717) is 0 Å². The Morgan fingerprint density at radius 2 is 2.04 bits per heavy atom. The fourth-order valence-electron chi connectivity index (χ4n) is 2.45. The molecular formula is C18H21N3O2S. The van der Waals surface area contributed by atoms with Crippen molar-refractivity contribution in [3.8, 4) is 5.75 Å². The molecule has 1 aromatic heterocycles. The molecule has 1 fully saturated rings. The summed E-state index contributed by atoms with van der Waals surface area (Å²) >= 11 is 1.54. The Labute approximate surface area is 146 Å². The molecule has 2 heterocycles. The number of rotatable bonds is 5. The second-order valence-corrected chi connectivity index (χ2v) is 6.34. The van der Waals surface area contributed by atoms with E-state index in [2.05, 4.69) is 9.97 Å². The van der Waals surface area contributed by atoms with E-state index >= 15 is 0 Å². The van der Waals surface area contributed by atoms with Crippen molar-refractivity contribution in [2.24, 2.45) is 0 Å². The first-order valence-corrected chi connectivity index (χ1v) is 9.20. The van der Waals surface area contributed by atoms with Crippen LogP contribution < -0.4 is 10.5 Å². The predicted molar refractivity (Wildman–Crippen MR) is 97.8 cm³/mol. The van der Waals surface area contributed by atoms with E-state index in [-0.39, 0.29) is 12.2 Å². The van der Waals surface area contributed by atoms with Crippen LogP contribution in [0, 0.1) is 0 Å². The number of nitrogens with two attached hydrogens (primary N) is 1. The number of anilines is 1. The molecular weight excluding hydrogens is 322 g/mol. The molecule has 0 spiro atoms. The molecule has 0 radical (unpaired) electrons. The molecule has 24 heavy (non-hydrogen) atoms. The summed E-state index contributed by atoms with van der Waals surface area (Å²) in [6.45, 7) is 0.783. The number of hydrogen-bond donors (Lipinski definition) is 1. The molecule has 5 nitrogen and oxygen atoms in total. The lowest BCUT2D eigenvalue weighted by molar-refractivity contribution is -0.105. The van der Waals surface area contributed by atoms with Crippen LogP contribution in [0.4, 0.5) is 5.95 Å². The Balaban J connectivity index is 1.64. The zero-order chi connectivity index (χ0) is 16.8. The first-order valence-electron chi connectivity index (χ1n) is 7.98. The number of thioether (sulfide) groups is 1. The SMILES string of the molecule is CSc1cc(/C=C/c2ccc(OC3CCCCO3)cc2)nc(N)n1. The van der Waals surface area contributed by atoms with Crippen LogP contribution in [0.15, 0.2) is 35.4 Å². The van der Waals surface area contributed by atoms with Crippen molar-refractivity contribution >= 4 is 29.9 Å². The summed E-state index contributed by atoms with van der Waals surface area (Å²) in [5.41, 5.74) is 7.57. The molecule has 2 N–H and O–H groups in total. The smallest absolute Gasteiger partial charge is 0.221 e. The minimum atomic E-state index is -0.117. The fourth-order valence-corrected chi connectivity index (χ4v) is 2.87. The van der Waals surface area contributed by atoms with Gasteiger partial charge in [0.25, 0.3) is 0 Å². The molecule has 126 valence electrons. The highest BCUT2D eigenvalue weighted by molar-refractivity contribution is 7.98. The van der Waals surface area contributed by atoms with Crippen molar-refractivity contribution in [3.63, 3.8) is 0 Å². The minimum absolute atomic E-state index is 0.117. The first kappa shape index (κ1) is 16.8. The van der Waals surface area contributed by atoms with Crippen LogP contribution in [0.5, 0.6) is 5.75 Å². The van der Waals surface area contributed by atoms with Gasteiger partial charge in [-0.15, -0.1) is 11.8 Å². The molecule has 0 bridgehead atoms. The van der Waals surface area contributed by atoms with Crippen LogP contribution in [0.3, 0.4) is 0 Å². The van der Waals surface area contributed by atoms with Crippen LogP contribution in [0.2, 0.25) is 0 Å². The van der Waals surface area contributed by atoms with Crippen molar-refractivity contribution < 1.29 is 9.47 Å². The van der Waals surface area contributed by atoms with E-state index in [0.717, 1.165) is 47.9 Å². The number of ether oxygens (including phenoxy) is 2. The Morgan fingerprint density at radius 3 is 2.75 bits per heavy atom. The highest BCUT2D eigenvalue weighted by Crippen LogP contribution is 2.21. The maximum absolute atomic E-state index is 5.83. The summed E-state index contributed by atoms with van der Waals surface area (Å²) in [5, 5.41) is 0.860. The zero-order valence-electron chi connectivity index (χ0n) is 13.6. The van der Waals surface area contributed by atoms with Gasteiger partial charge in [0.05, 0.1) is 12.3 Å². The van der Waals surface area contributed by atoms with Gasteiger partial charge in [-0.1, -0.05) is 18.2 Å². The molecule has 1 saturated heterocycles. The van der Waals surface area contributed by atoms with Gasteiger partial charge in [0, 0.05) is 6.42 Å². The van der Waals surface area contributed by atoms with Crippen LogP contribution in [0.25, 0.3) is 12.2 Å².